The molecule has 0 amide bonds. The Bertz CT molecular complexity index is 408. The van der Waals surface area contributed by atoms with Gasteiger partial charge in [-0.1, -0.05) is 43.9 Å². The average molecular weight is 244 g/mol. The number of fused-ring (bicyclic) bond motifs is 1. The number of nitrogens with two attached hydrogens (primary N) is 1. The Morgan fingerprint density at radius 1 is 1.11 bits per heavy atom. The van der Waals surface area contributed by atoms with E-state index >= 15 is 0 Å². The molecule has 1 aromatic carbocycles. The molecule has 2 aliphatic rings. The Balaban J connectivity index is 1.74. The molecule has 2 nitrogen and oxygen atoms in total. The summed E-state index contributed by atoms with van der Waals surface area (Å²) in [4.78, 5) is 0. The Hall–Kier alpha value is -0.860. The summed E-state index contributed by atoms with van der Waals surface area (Å²) >= 11 is 0. The summed E-state index contributed by atoms with van der Waals surface area (Å²) in [5.41, 5.74) is 7.54. The highest BCUT2D eigenvalue weighted by atomic mass is 15.2. The van der Waals surface area contributed by atoms with Gasteiger partial charge in [0.25, 0.3) is 0 Å². The lowest BCUT2D eigenvalue weighted by atomic mass is 9.92. The van der Waals surface area contributed by atoms with Gasteiger partial charge in [-0.05, 0) is 48.3 Å². The third kappa shape index (κ3) is 2.45. The minimum Gasteiger partial charge on any atom is -0.271 e. The zero-order valence-electron chi connectivity index (χ0n) is 11.1. The minimum absolute atomic E-state index is 0.346. The van der Waals surface area contributed by atoms with Crippen LogP contribution in [0.5, 0.6) is 0 Å². The van der Waals surface area contributed by atoms with E-state index < -0.39 is 0 Å². The Labute approximate surface area is 110 Å². The molecule has 0 heterocycles. The fourth-order valence-electron chi connectivity index (χ4n) is 3.69. The summed E-state index contributed by atoms with van der Waals surface area (Å²) < 4.78 is 0. The van der Waals surface area contributed by atoms with E-state index in [2.05, 4.69) is 23.6 Å². The standard InChI is InChI=1S/C16H24N2/c17-18-16(10-12-4-1-2-5-12)15-9-8-13-6-3-7-14(13)11-15/h8-9,11-12,16,18H,1-7,10,17H2. The topological polar surface area (TPSA) is 38.0 Å². The quantitative estimate of drug-likeness (QED) is 0.630. The van der Waals surface area contributed by atoms with E-state index in [0.29, 0.717) is 6.04 Å². The predicted octanol–water partition coefficient (Wildman–Crippen LogP) is 3.26. The fourth-order valence-corrected chi connectivity index (χ4v) is 3.69. The second kappa shape index (κ2) is 5.41. The number of hydrogen-bond acceptors (Lipinski definition) is 2. The molecule has 1 fully saturated rings. The van der Waals surface area contributed by atoms with Gasteiger partial charge in [0, 0.05) is 6.04 Å². The molecule has 0 bridgehead atoms. The highest BCUT2D eigenvalue weighted by molar-refractivity contribution is 5.36. The van der Waals surface area contributed by atoms with Crippen LogP contribution >= 0.6 is 0 Å². The Morgan fingerprint density at radius 2 is 1.89 bits per heavy atom. The molecule has 18 heavy (non-hydrogen) atoms. The molecule has 3 N–H and O–H groups in total. The van der Waals surface area contributed by atoms with Gasteiger partial charge in [0.2, 0.25) is 0 Å². The molecule has 1 aromatic rings. The Kier molecular flexibility index (Phi) is 3.67. The molecule has 0 aliphatic heterocycles. The SMILES string of the molecule is NNC(CC1CCCC1)c1ccc2c(c1)CCC2. The first-order chi connectivity index (χ1) is 8.86. The van der Waals surface area contributed by atoms with Crippen LogP contribution in [0, 0.1) is 5.92 Å². The van der Waals surface area contributed by atoms with Gasteiger partial charge in [0.1, 0.15) is 0 Å². The molecule has 3 rings (SSSR count). The van der Waals surface area contributed by atoms with E-state index in [-0.39, 0.29) is 0 Å². The molecule has 1 unspecified atom stereocenters. The third-order valence-electron chi connectivity index (χ3n) is 4.77. The molecule has 0 aromatic heterocycles. The first-order valence-electron chi connectivity index (χ1n) is 7.44. The van der Waals surface area contributed by atoms with E-state index in [1.165, 1.54) is 56.9 Å². The number of hydrogen-bond donors (Lipinski definition) is 2. The van der Waals surface area contributed by atoms with Gasteiger partial charge in [-0.2, -0.15) is 0 Å². The predicted molar refractivity (Wildman–Crippen MR) is 75.1 cm³/mol. The normalized spacial score (nSPS) is 21.2. The zero-order chi connectivity index (χ0) is 12.4. The molecule has 0 radical (unpaired) electrons. The number of hydrazine groups is 1. The minimum atomic E-state index is 0.346. The first kappa shape index (κ1) is 12.2. The van der Waals surface area contributed by atoms with Crippen LogP contribution in [0.1, 0.15) is 61.3 Å². The smallest absolute Gasteiger partial charge is 0.0462 e. The van der Waals surface area contributed by atoms with Crippen LogP contribution in [0.25, 0.3) is 0 Å². The van der Waals surface area contributed by atoms with Crippen LogP contribution in [0.4, 0.5) is 0 Å². The molecule has 1 saturated carbocycles. The van der Waals surface area contributed by atoms with Gasteiger partial charge < -0.3 is 0 Å². The molecule has 98 valence electrons. The maximum Gasteiger partial charge on any atom is 0.0462 e. The molecule has 2 heteroatoms. The van der Waals surface area contributed by atoms with Gasteiger partial charge in [-0.3, -0.25) is 11.3 Å². The van der Waals surface area contributed by atoms with E-state index in [0.717, 1.165) is 5.92 Å². The van der Waals surface area contributed by atoms with Crippen molar-refractivity contribution in [2.45, 2.75) is 57.4 Å². The fraction of sp³-hybridized carbons (Fsp3) is 0.625. The highest BCUT2D eigenvalue weighted by Crippen LogP contribution is 2.34. The monoisotopic (exact) mass is 244 g/mol. The molecule has 0 saturated heterocycles. The molecule has 2 aliphatic carbocycles. The highest BCUT2D eigenvalue weighted by Gasteiger charge is 2.21. The second-order valence-electron chi connectivity index (χ2n) is 5.99. The lowest BCUT2D eigenvalue weighted by Gasteiger charge is -2.21. The van der Waals surface area contributed by atoms with Crippen LogP contribution < -0.4 is 11.3 Å². The lowest BCUT2D eigenvalue weighted by molar-refractivity contribution is 0.400. The van der Waals surface area contributed by atoms with Crippen molar-refractivity contribution in [3.05, 3.63) is 34.9 Å². The number of aryl methyl sites for hydroxylation is 2. The van der Waals surface area contributed by atoms with Crippen molar-refractivity contribution in [3.63, 3.8) is 0 Å². The number of rotatable bonds is 4. The van der Waals surface area contributed by atoms with Gasteiger partial charge in [0.05, 0.1) is 0 Å². The van der Waals surface area contributed by atoms with Crippen LogP contribution in [0.2, 0.25) is 0 Å². The second-order valence-corrected chi connectivity index (χ2v) is 5.99. The van der Waals surface area contributed by atoms with E-state index in [4.69, 9.17) is 5.84 Å². The van der Waals surface area contributed by atoms with E-state index in [9.17, 15) is 0 Å². The number of benzene rings is 1. The zero-order valence-corrected chi connectivity index (χ0v) is 11.1. The van der Waals surface area contributed by atoms with Crippen molar-refractivity contribution >= 4 is 0 Å². The summed E-state index contributed by atoms with van der Waals surface area (Å²) in [6, 6.07) is 7.33. The van der Waals surface area contributed by atoms with Crippen LogP contribution in [-0.4, -0.2) is 0 Å². The van der Waals surface area contributed by atoms with Gasteiger partial charge >= 0.3 is 0 Å². The summed E-state index contributed by atoms with van der Waals surface area (Å²) in [6.45, 7) is 0. The maximum atomic E-state index is 5.78. The van der Waals surface area contributed by atoms with Crippen LogP contribution in [0.15, 0.2) is 18.2 Å². The van der Waals surface area contributed by atoms with Gasteiger partial charge in [-0.15, -0.1) is 0 Å². The van der Waals surface area contributed by atoms with Gasteiger partial charge in [-0.25, -0.2) is 0 Å². The first-order valence-corrected chi connectivity index (χ1v) is 7.44. The number of nitrogens with one attached hydrogen (secondary N) is 1. The lowest BCUT2D eigenvalue weighted by Crippen LogP contribution is -2.29. The van der Waals surface area contributed by atoms with Crippen molar-refractivity contribution in [2.24, 2.45) is 11.8 Å². The maximum absolute atomic E-state index is 5.78. The summed E-state index contributed by atoms with van der Waals surface area (Å²) in [5, 5.41) is 0. The summed E-state index contributed by atoms with van der Waals surface area (Å²) in [6.07, 6.45) is 10.6. The average Bonchev–Trinajstić information content (AvgIpc) is 3.06. The van der Waals surface area contributed by atoms with E-state index in [1.54, 1.807) is 11.1 Å². The van der Waals surface area contributed by atoms with Crippen LogP contribution in [0.3, 0.4) is 0 Å². The molecular weight excluding hydrogens is 220 g/mol. The largest absolute Gasteiger partial charge is 0.271 e. The van der Waals surface area contributed by atoms with E-state index in [1.807, 2.05) is 0 Å². The third-order valence-corrected chi connectivity index (χ3v) is 4.77. The van der Waals surface area contributed by atoms with Crippen molar-refractivity contribution in [1.29, 1.82) is 0 Å². The van der Waals surface area contributed by atoms with Crippen molar-refractivity contribution < 1.29 is 0 Å². The Morgan fingerprint density at radius 3 is 2.67 bits per heavy atom. The van der Waals surface area contributed by atoms with Crippen molar-refractivity contribution in [2.75, 3.05) is 0 Å². The van der Waals surface area contributed by atoms with Crippen molar-refractivity contribution in [1.82, 2.24) is 5.43 Å². The van der Waals surface area contributed by atoms with Gasteiger partial charge in [0.15, 0.2) is 0 Å². The summed E-state index contributed by atoms with van der Waals surface area (Å²) in [7, 11) is 0. The van der Waals surface area contributed by atoms with Crippen LogP contribution in [-0.2, 0) is 12.8 Å². The molecule has 0 spiro atoms. The molecular formula is C16H24N2. The summed E-state index contributed by atoms with van der Waals surface area (Å²) in [5.74, 6) is 6.65. The van der Waals surface area contributed by atoms with Crippen molar-refractivity contribution in [3.8, 4) is 0 Å². The molecule has 1 atom stereocenters.